The quantitative estimate of drug-likeness (QED) is 0.0711. The number of anilines is 1. The molecule has 1 fully saturated rings. The van der Waals surface area contributed by atoms with Gasteiger partial charge >= 0.3 is 11.9 Å². The Bertz CT molecular complexity index is 2490. The van der Waals surface area contributed by atoms with E-state index in [-0.39, 0.29) is 91.1 Å². The average molecular weight is 892 g/mol. The van der Waals surface area contributed by atoms with Crippen LogP contribution < -0.4 is 25.5 Å². The van der Waals surface area contributed by atoms with Crippen molar-refractivity contribution in [1.82, 2.24) is 10.3 Å². The molecular formula is C48H50N4O9Zn-2. The maximum Gasteiger partial charge on any atom is 0.342 e. The number of rotatable bonds is 13. The van der Waals surface area contributed by atoms with Crippen LogP contribution in [0.2, 0.25) is 0 Å². The van der Waals surface area contributed by atoms with Gasteiger partial charge in [-0.05, 0) is 122 Å². The van der Waals surface area contributed by atoms with Crippen LogP contribution in [0.5, 0.6) is 5.75 Å². The number of carboxylic acid groups (broad SMARTS) is 2. The minimum absolute atomic E-state index is 0. The van der Waals surface area contributed by atoms with Crippen molar-refractivity contribution in [3.8, 4) is 16.9 Å². The molecule has 320 valence electrons. The van der Waals surface area contributed by atoms with Crippen molar-refractivity contribution >= 4 is 53.0 Å². The van der Waals surface area contributed by atoms with Gasteiger partial charge in [-0.3, -0.25) is 9.59 Å². The molecule has 0 spiro atoms. The number of aromatic carboxylic acids is 2. The summed E-state index contributed by atoms with van der Waals surface area (Å²) in [4.78, 5) is 73.8. The molecule has 2 heterocycles. The van der Waals surface area contributed by atoms with E-state index in [9.17, 15) is 34.2 Å². The van der Waals surface area contributed by atoms with Crippen LogP contribution in [0.1, 0.15) is 102 Å². The molecule has 2 aliphatic rings. The van der Waals surface area contributed by atoms with Crippen molar-refractivity contribution < 1.29 is 63.1 Å². The van der Waals surface area contributed by atoms with Crippen LogP contribution in [0.25, 0.3) is 22.8 Å². The number of ether oxygens (including phenoxy) is 2. The largest absolute Gasteiger partial charge is 0.545 e. The second-order valence-corrected chi connectivity index (χ2v) is 16.1. The average Bonchev–Trinajstić information content (AvgIpc) is 3.69. The van der Waals surface area contributed by atoms with Crippen LogP contribution in [-0.2, 0) is 38.6 Å². The summed E-state index contributed by atoms with van der Waals surface area (Å²) in [5, 5.41) is 26.7. The fourth-order valence-corrected chi connectivity index (χ4v) is 8.45. The summed E-state index contributed by atoms with van der Waals surface area (Å²) < 4.78 is 12.0. The second-order valence-electron chi connectivity index (χ2n) is 16.1. The van der Waals surface area contributed by atoms with Crippen LogP contribution in [-0.4, -0.2) is 53.4 Å². The van der Waals surface area contributed by atoms with E-state index in [0.29, 0.717) is 34.3 Å². The van der Waals surface area contributed by atoms with Gasteiger partial charge in [-0.2, -0.15) is 0 Å². The topological polar surface area (TPSA) is 198 Å². The van der Waals surface area contributed by atoms with Gasteiger partial charge in [0.05, 0.1) is 18.3 Å². The molecular weight excluding hydrogens is 842 g/mol. The molecule has 1 saturated carbocycles. The van der Waals surface area contributed by atoms with Crippen LogP contribution in [0, 0.1) is 38.5 Å². The van der Waals surface area contributed by atoms with Gasteiger partial charge in [0.1, 0.15) is 34.7 Å². The van der Waals surface area contributed by atoms with Gasteiger partial charge < -0.3 is 40.1 Å². The minimum Gasteiger partial charge on any atom is -0.545 e. The standard InChI is InChI=1S/C48H52N4O9.Zn/c1-25-21-28(4)43(29(5)22-25)61-48(59)42-41(34-16-11-9-14-27(34)3)37(24-36-40(33-15-10-8-13-26(33)2)30(6)44(50-36)49-31(7)53)51-45(42)52-39(54)17-12-20-60-38-23-32(46(55)56)18-19-35(38)47(57)58;/h8-11,13-16,18-19,23-25,28-29,43H,12,17,20-22H2,1-7H3,(H5,49,50,51,52,53,54,55,56,57,58,59);/p-2. The van der Waals surface area contributed by atoms with E-state index in [4.69, 9.17) is 19.5 Å². The number of carboxylic acids is 2. The van der Waals surface area contributed by atoms with Gasteiger partial charge in [-0.25, -0.2) is 14.6 Å². The van der Waals surface area contributed by atoms with Crippen molar-refractivity contribution in [3.63, 3.8) is 0 Å². The molecule has 3 N–H and O–H groups in total. The molecule has 4 aromatic rings. The number of hydrogen-bond acceptors (Lipinski definition) is 9. The van der Waals surface area contributed by atoms with E-state index in [0.717, 1.165) is 58.9 Å². The summed E-state index contributed by atoms with van der Waals surface area (Å²) in [7, 11) is 0. The fraction of sp³-hybridized carbons (Fsp3) is 0.333. The van der Waals surface area contributed by atoms with E-state index in [1.807, 2.05) is 69.3 Å². The van der Waals surface area contributed by atoms with E-state index >= 15 is 0 Å². The zero-order valence-corrected chi connectivity index (χ0v) is 39.1. The van der Waals surface area contributed by atoms with Crippen molar-refractivity contribution in [1.29, 1.82) is 0 Å². The maximum absolute atomic E-state index is 14.7. The van der Waals surface area contributed by atoms with Crippen LogP contribution in [0.4, 0.5) is 5.82 Å². The molecule has 0 bridgehead atoms. The van der Waals surface area contributed by atoms with Gasteiger partial charge in [-0.1, -0.05) is 81.2 Å². The Morgan fingerprint density at radius 3 is 2.13 bits per heavy atom. The number of amidine groups is 1. The predicted molar refractivity (Wildman–Crippen MR) is 230 cm³/mol. The number of nitrogens with zero attached hydrogens (tertiary/aromatic N) is 2. The fourth-order valence-electron chi connectivity index (χ4n) is 8.45. The van der Waals surface area contributed by atoms with Crippen molar-refractivity contribution in [2.75, 3.05) is 11.9 Å². The van der Waals surface area contributed by atoms with E-state index in [1.165, 1.54) is 6.92 Å². The molecule has 2 unspecified atom stereocenters. The van der Waals surface area contributed by atoms with Gasteiger partial charge in [0.2, 0.25) is 5.91 Å². The molecule has 62 heavy (non-hydrogen) atoms. The molecule has 3 aromatic carbocycles. The number of amides is 2. The maximum atomic E-state index is 14.7. The van der Waals surface area contributed by atoms with Crippen LogP contribution in [0.3, 0.4) is 0 Å². The number of esters is 1. The number of allylic oxidation sites excluding steroid dienone is 1. The Labute approximate surface area is 373 Å². The third-order valence-corrected chi connectivity index (χ3v) is 11.2. The third-order valence-electron chi connectivity index (χ3n) is 11.2. The summed E-state index contributed by atoms with van der Waals surface area (Å²) >= 11 is 0. The number of carbonyl (C=O) groups is 5. The Morgan fingerprint density at radius 2 is 1.53 bits per heavy atom. The first-order valence-electron chi connectivity index (χ1n) is 20.4. The molecule has 1 aliphatic heterocycles. The smallest absolute Gasteiger partial charge is 0.342 e. The summed E-state index contributed by atoms with van der Waals surface area (Å²) in [5.74, 6) is -3.40. The third kappa shape index (κ3) is 10.5. The second kappa shape index (κ2) is 20.2. The first kappa shape index (κ1) is 46.9. The molecule has 2 atom stereocenters. The van der Waals surface area contributed by atoms with Crippen LogP contribution in [0.15, 0.2) is 83.0 Å². The summed E-state index contributed by atoms with van der Waals surface area (Å²) in [6.45, 7) is 13.4. The Balaban J connectivity index is 0.00000726. The zero-order chi connectivity index (χ0) is 44.1. The van der Waals surface area contributed by atoms with Crippen molar-refractivity contribution in [3.05, 3.63) is 117 Å². The molecule has 6 rings (SSSR count). The first-order chi connectivity index (χ1) is 29.0. The van der Waals surface area contributed by atoms with Crippen molar-refractivity contribution in [2.45, 2.75) is 80.3 Å². The van der Waals surface area contributed by atoms with Crippen LogP contribution >= 0.6 is 0 Å². The molecule has 14 heteroatoms. The number of aromatic nitrogens is 1. The van der Waals surface area contributed by atoms with E-state index in [1.54, 1.807) is 6.08 Å². The SMILES string of the molecule is CC(=O)Nc1[n-]c(/C=C2\N=C(NC(=O)CCCOc3cc(C(=O)[O-])ccc3C(=O)O)C(C(=O)OC3C(C)CC(C)CC3C)=C2c2ccccc2C)c(-c2ccccc2C)c1C.[Zn]. The van der Waals surface area contributed by atoms with E-state index in [2.05, 4.69) is 31.4 Å². The summed E-state index contributed by atoms with van der Waals surface area (Å²) in [5.41, 5.74) is 5.77. The Morgan fingerprint density at radius 1 is 0.903 bits per heavy atom. The minimum atomic E-state index is -1.50. The summed E-state index contributed by atoms with van der Waals surface area (Å²) in [6.07, 6.45) is 3.14. The first-order valence-corrected chi connectivity index (χ1v) is 20.4. The molecule has 13 nitrogen and oxygen atoms in total. The molecule has 1 aliphatic carbocycles. The van der Waals surface area contributed by atoms with E-state index < -0.39 is 23.8 Å². The van der Waals surface area contributed by atoms with Gasteiger partial charge in [0, 0.05) is 37.0 Å². The molecule has 1 aromatic heterocycles. The number of nitrogens with one attached hydrogen (secondary N) is 2. The number of benzene rings is 3. The Kier molecular flexibility index (Phi) is 15.3. The normalized spacial score (nSPS) is 19.0. The monoisotopic (exact) mass is 890 g/mol. The molecule has 0 saturated heterocycles. The molecule has 2 amide bonds. The van der Waals surface area contributed by atoms with Crippen molar-refractivity contribution in [2.24, 2.45) is 22.7 Å². The number of carbonyl (C=O) groups excluding carboxylic acids is 4. The van der Waals surface area contributed by atoms with Gasteiger partial charge in [0.15, 0.2) is 0 Å². The predicted octanol–water partition coefficient (Wildman–Crippen LogP) is 7.05. The number of aryl methyl sites for hydroxylation is 2. The summed E-state index contributed by atoms with van der Waals surface area (Å²) in [6, 6.07) is 18.7. The Hall–Kier alpha value is -6.14. The van der Waals surface area contributed by atoms with Gasteiger partial charge in [0.25, 0.3) is 0 Å². The molecule has 0 radical (unpaired) electrons. The van der Waals surface area contributed by atoms with Gasteiger partial charge in [-0.15, -0.1) is 0 Å². The number of hydrogen-bond donors (Lipinski definition) is 3. The zero-order valence-electron chi connectivity index (χ0n) is 36.1. The number of aliphatic imine (C=N–C) groups is 1.